The second-order valence-electron chi connectivity index (χ2n) is 5.89. The summed E-state index contributed by atoms with van der Waals surface area (Å²) < 4.78 is 0.754. The highest BCUT2D eigenvalue weighted by atomic mass is 79.9. The van der Waals surface area contributed by atoms with Crippen LogP contribution >= 0.6 is 27.5 Å². The van der Waals surface area contributed by atoms with Crippen molar-refractivity contribution in [2.75, 3.05) is 11.4 Å². The second kappa shape index (κ2) is 5.37. The number of halogens is 2. The van der Waals surface area contributed by atoms with E-state index in [1.807, 2.05) is 20.8 Å². The monoisotopic (exact) mass is 358 g/mol. The molecule has 1 aromatic carbocycles. The smallest absolute Gasteiger partial charge is 0.250 e. The maximum absolute atomic E-state index is 12.6. The van der Waals surface area contributed by atoms with Gasteiger partial charge in [0.1, 0.15) is 12.6 Å². The molecule has 0 saturated carbocycles. The minimum absolute atomic E-state index is 0.0172. The van der Waals surface area contributed by atoms with Gasteiger partial charge in [-0.25, -0.2) is 0 Å². The van der Waals surface area contributed by atoms with Crippen LogP contribution in [0.3, 0.4) is 0 Å². The van der Waals surface area contributed by atoms with Crippen molar-refractivity contribution in [2.24, 2.45) is 5.41 Å². The number of hydrogen-bond acceptors (Lipinski definition) is 2. The number of piperazine rings is 1. The summed E-state index contributed by atoms with van der Waals surface area (Å²) in [5.41, 5.74) is 0.289. The van der Waals surface area contributed by atoms with Gasteiger partial charge in [0.15, 0.2) is 0 Å². The summed E-state index contributed by atoms with van der Waals surface area (Å²) in [6, 6.07) is 4.68. The molecule has 0 aromatic heterocycles. The highest BCUT2D eigenvalue weighted by Crippen LogP contribution is 2.30. The first kappa shape index (κ1) is 15.3. The van der Waals surface area contributed by atoms with Crippen molar-refractivity contribution in [3.63, 3.8) is 0 Å². The third-order valence-corrected chi connectivity index (χ3v) is 4.43. The van der Waals surface area contributed by atoms with E-state index in [1.165, 1.54) is 4.90 Å². The van der Waals surface area contributed by atoms with Crippen LogP contribution in [0.2, 0.25) is 5.02 Å². The Kier molecular flexibility index (Phi) is 4.12. The molecule has 2 rings (SSSR count). The van der Waals surface area contributed by atoms with Crippen molar-refractivity contribution in [1.82, 2.24) is 5.32 Å². The minimum Gasteiger partial charge on any atom is -0.342 e. The molecule has 6 heteroatoms. The number of benzene rings is 1. The van der Waals surface area contributed by atoms with Crippen molar-refractivity contribution in [3.05, 3.63) is 27.7 Å². The zero-order valence-corrected chi connectivity index (χ0v) is 13.9. The first-order valence-corrected chi connectivity index (χ1v) is 7.43. The van der Waals surface area contributed by atoms with Crippen LogP contribution in [0.4, 0.5) is 5.69 Å². The number of nitrogens with zero attached hydrogens (tertiary/aromatic N) is 1. The average molecular weight is 360 g/mol. The van der Waals surface area contributed by atoms with Crippen molar-refractivity contribution in [2.45, 2.75) is 26.8 Å². The lowest BCUT2D eigenvalue weighted by molar-refractivity contribution is -0.133. The summed E-state index contributed by atoms with van der Waals surface area (Å²) >= 11 is 9.37. The van der Waals surface area contributed by atoms with Crippen LogP contribution in [0.25, 0.3) is 0 Å². The molecule has 0 radical (unpaired) electrons. The Morgan fingerprint density at radius 1 is 1.35 bits per heavy atom. The van der Waals surface area contributed by atoms with Gasteiger partial charge in [-0.1, -0.05) is 32.4 Å². The maximum atomic E-state index is 12.6. The topological polar surface area (TPSA) is 49.4 Å². The van der Waals surface area contributed by atoms with Gasteiger partial charge in [-0.3, -0.25) is 9.59 Å². The highest BCUT2D eigenvalue weighted by molar-refractivity contribution is 9.10. The third-order valence-electron chi connectivity index (χ3n) is 3.20. The molecular weight excluding hydrogens is 344 g/mol. The average Bonchev–Trinajstić information content (AvgIpc) is 2.34. The number of hydrogen-bond donors (Lipinski definition) is 1. The van der Waals surface area contributed by atoms with Crippen LogP contribution in [0, 0.1) is 5.41 Å². The minimum atomic E-state index is -0.536. The van der Waals surface area contributed by atoms with E-state index in [4.69, 9.17) is 11.6 Å². The van der Waals surface area contributed by atoms with Crippen LogP contribution in [0.5, 0.6) is 0 Å². The summed E-state index contributed by atoms with van der Waals surface area (Å²) in [6.07, 6.45) is 0. The number of amides is 2. The summed E-state index contributed by atoms with van der Waals surface area (Å²) in [7, 11) is 0. The number of carbonyl (C=O) groups is 2. The Labute approximate surface area is 131 Å². The lowest BCUT2D eigenvalue weighted by Crippen LogP contribution is -2.62. The maximum Gasteiger partial charge on any atom is 0.250 e. The molecule has 1 saturated heterocycles. The fourth-order valence-electron chi connectivity index (χ4n) is 2.10. The first-order chi connectivity index (χ1) is 9.20. The first-order valence-electron chi connectivity index (χ1n) is 6.26. The lowest BCUT2D eigenvalue weighted by atomic mass is 9.84. The third kappa shape index (κ3) is 2.99. The Balaban J connectivity index is 2.37. The van der Waals surface area contributed by atoms with Crippen LogP contribution in [-0.2, 0) is 9.59 Å². The van der Waals surface area contributed by atoms with Gasteiger partial charge in [0.05, 0.1) is 5.02 Å². The fraction of sp³-hybridized carbons (Fsp3) is 0.429. The zero-order chi connectivity index (χ0) is 15.1. The quantitative estimate of drug-likeness (QED) is 0.838. The molecule has 1 aliphatic rings. The van der Waals surface area contributed by atoms with E-state index in [-0.39, 0.29) is 23.8 Å². The van der Waals surface area contributed by atoms with Crippen molar-refractivity contribution >= 4 is 45.0 Å². The van der Waals surface area contributed by atoms with Gasteiger partial charge in [-0.15, -0.1) is 0 Å². The molecule has 1 fully saturated rings. The molecule has 1 atom stereocenters. The van der Waals surface area contributed by atoms with Gasteiger partial charge in [0.2, 0.25) is 5.91 Å². The molecule has 108 valence electrons. The van der Waals surface area contributed by atoms with Crippen LogP contribution in [0.1, 0.15) is 20.8 Å². The van der Waals surface area contributed by atoms with Crippen molar-refractivity contribution in [3.8, 4) is 0 Å². The molecule has 1 aliphatic heterocycles. The summed E-state index contributed by atoms with van der Waals surface area (Å²) in [6.45, 7) is 5.79. The standard InChI is InChI=1S/C14H16BrClN2O2/c1-14(2,3)12-13(20)18(7-11(19)17-12)8-4-5-9(15)10(16)6-8/h4-6,12H,7H2,1-3H3,(H,17,19). The number of anilines is 1. The Morgan fingerprint density at radius 3 is 2.55 bits per heavy atom. The van der Waals surface area contributed by atoms with E-state index < -0.39 is 6.04 Å². The Morgan fingerprint density at radius 2 is 2.00 bits per heavy atom. The van der Waals surface area contributed by atoms with Gasteiger partial charge >= 0.3 is 0 Å². The van der Waals surface area contributed by atoms with E-state index in [0.717, 1.165) is 4.47 Å². The van der Waals surface area contributed by atoms with Crippen LogP contribution in [-0.4, -0.2) is 24.4 Å². The normalized spacial score (nSPS) is 20.1. The fourth-order valence-corrected chi connectivity index (χ4v) is 2.53. The molecule has 0 spiro atoms. The van der Waals surface area contributed by atoms with Gasteiger partial charge in [-0.2, -0.15) is 0 Å². The Hall–Kier alpha value is -1.07. The summed E-state index contributed by atoms with van der Waals surface area (Å²) in [4.78, 5) is 25.9. The number of nitrogens with one attached hydrogen (secondary N) is 1. The predicted octanol–water partition coefficient (Wildman–Crippen LogP) is 2.98. The van der Waals surface area contributed by atoms with E-state index in [0.29, 0.717) is 10.7 Å². The largest absolute Gasteiger partial charge is 0.342 e. The molecule has 20 heavy (non-hydrogen) atoms. The molecule has 4 nitrogen and oxygen atoms in total. The molecule has 2 amide bonds. The molecular formula is C14H16BrClN2O2. The summed E-state index contributed by atoms with van der Waals surface area (Å²) in [5.74, 6) is -0.279. The van der Waals surface area contributed by atoms with Crippen molar-refractivity contribution < 1.29 is 9.59 Å². The highest BCUT2D eigenvalue weighted by Gasteiger charge is 2.40. The van der Waals surface area contributed by atoms with Crippen LogP contribution < -0.4 is 10.2 Å². The molecule has 0 aliphatic carbocycles. The van der Waals surface area contributed by atoms with Crippen molar-refractivity contribution in [1.29, 1.82) is 0 Å². The second-order valence-corrected chi connectivity index (χ2v) is 7.15. The SMILES string of the molecule is CC(C)(C)C1NC(=O)CN(c2ccc(Br)c(Cl)c2)C1=O. The number of rotatable bonds is 1. The van der Waals surface area contributed by atoms with E-state index >= 15 is 0 Å². The van der Waals surface area contributed by atoms with E-state index in [2.05, 4.69) is 21.2 Å². The molecule has 1 N–H and O–H groups in total. The molecule has 0 bridgehead atoms. The molecule has 1 heterocycles. The summed E-state index contributed by atoms with van der Waals surface area (Å²) in [5, 5.41) is 3.27. The van der Waals surface area contributed by atoms with Crippen LogP contribution in [0.15, 0.2) is 22.7 Å². The van der Waals surface area contributed by atoms with Gasteiger partial charge in [-0.05, 0) is 39.5 Å². The molecule has 1 aromatic rings. The predicted molar refractivity (Wildman–Crippen MR) is 82.9 cm³/mol. The van der Waals surface area contributed by atoms with Gasteiger partial charge in [0.25, 0.3) is 5.91 Å². The number of carbonyl (C=O) groups excluding carboxylic acids is 2. The zero-order valence-electron chi connectivity index (χ0n) is 11.5. The Bertz CT molecular complexity index is 569. The van der Waals surface area contributed by atoms with E-state index in [9.17, 15) is 9.59 Å². The van der Waals surface area contributed by atoms with Gasteiger partial charge in [0, 0.05) is 10.2 Å². The van der Waals surface area contributed by atoms with E-state index in [1.54, 1.807) is 18.2 Å². The van der Waals surface area contributed by atoms with Gasteiger partial charge < -0.3 is 10.2 Å². The lowest BCUT2D eigenvalue weighted by Gasteiger charge is -2.38. The molecule has 1 unspecified atom stereocenters.